The van der Waals surface area contributed by atoms with Crippen LogP contribution in [-0.4, -0.2) is 36.6 Å². The van der Waals surface area contributed by atoms with E-state index in [1.165, 1.54) is 0 Å². The number of sulfonamides is 1. The molecule has 0 spiro atoms. The standard InChI is InChI=1S/C10H9F2NO6S/c11-5-1-6(12)3-7(2-5)20(18,19)13-8(10(16)17)4-9(14)15/h1-3,8,13H,4H2,(H,14,15)(H,16,17)/t8-/m0/s1. The summed E-state index contributed by atoms with van der Waals surface area (Å²) < 4.78 is 50.9. The van der Waals surface area contributed by atoms with Gasteiger partial charge in [0.1, 0.15) is 17.7 Å². The molecule has 0 radical (unpaired) electrons. The summed E-state index contributed by atoms with van der Waals surface area (Å²) >= 11 is 0. The summed E-state index contributed by atoms with van der Waals surface area (Å²) in [7, 11) is -4.57. The zero-order valence-electron chi connectivity index (χ0n) is 9.71. The van der Waals surface area contributed by atoms with Gasteiger partial charge in [0, 0.05) is 6.07 Å². The van der Waals surface area contributed by atoms with Gasteiger partial charge < -0.3 is 10.2 Å². The van der Waals surface area contributed by atoms with Crippen molar-refractivity contribution in [2.45, 2.75) is 17.4 Å². The van der Waals surface area contributed by atoms with E-state index in [-0.39, 0.29) is 0 Å². The summed E-state index contributed by atoms with van der Waals surface area (Å²) in [4.78, 5) is 20.3. The van der Waals surface area contributed by atoms with E-state index in [2.05, 4.69) is 0 Å². The number of hydrogen-bond donors (Lipinski definition) is 3. The van der Waals surface area contributed by atoms with E-state index in [0.29, 0.717) is 18.2 Å². The number of carboxylic acids is 2. The Kier molecular flexibility index (Phi) is 4.73. The third-order valence-electron chi connectivity index (χ3n) is 2.12. The lowest BCUT2D eigenvalue weighted by Gasteiger charge is -2.13. The number of carboxylic acid groups (broad SMARTS) is 2. The summed E-state index contributed by atoms with van der Waals surface area (Å²) in [5, 5.41) is 17.2. The van der Waals surface area contributed by atoms with Gasteiger partial charge in [0.2, 0.25) is 10.0 Å². The second-order valence-electron chi connectivity index (χ2n) is 3.72. The fourth-order valence-electron chi connectivity index (χ4n) is 1.29. The molecular formula is C10H9F2NO6S. The lowest BCUT2D eigenvalue weighted by atomic mass is 10.2. The minimum Gasteiger partial charge on any atom is -0.481 e. The fourth-order valence-corrected chi connectivity index (χ4v) is 2.52. The number of rotatable bonds is 6. The molecule has 7 nitrogen and oxygen atoms in total. The largest absolute Gasteiger partial charge is 0.481 e. The van der Waals surface area contributed by atoms with Crippen LogP contribution in [0.2, 0.25) is 0 Å². The molecule has 0 aliphatic rings. The predicted molar refractivity (Wildman–Crippen MR) is 60.4 cm³/mol. The van der Waals surface area contributed by atoms with Gasteiger partial charge in [-0.3, -0.25) is 9.59 Å². The van der Waals surface area contributed by atoms with Crippen LogP contribution >= 0.6 is 0 Å². The van der Waals surface area contributed by atoms with Crippen molar-refractivity contribution in [3.8, 4) is 0 Å². The van der Waals surface area contributed by atoms with Crippen LogP contribution in [0, 0.1) is 11.6 Å². The highest BCUT2D eigenvalue weighted by Gasteiger charge is 2.28. The first-order chi connectivity index (χ1) is 9.11. The van der Waals surface area contributed by atoms with Crippen molar-refractivity contribution < 1.29 is 37.0 Å². The fraction of sp³-hybridized carbons (Fsp3) is 0.200. The van der Waals surface area contributed by atoms with Crippen LogP contribution in [0.25, 0.3) is 0 Å². The third kappa shape index (κ3) is 4.24. The maximum atomic E-state index is 12.9. The highest BCUT2D eigenvalue weighted by atomic mass is 32.2. The van der Waals surface area contributed by atoms with Crippen LogP contribution in [0.4, 0.5) is 8.78 Å². The smallest absolute Gasteiger partial charge is 0.322 e. The molecule has 1 rings (SSSR count). The van der Waals surface area contributed by atoms with Crippen LogP contribution < -0.4 is 4.72 Å². The van der Waals surface area contributed by atoms with E-state index in [4.69, 9.17) is 10.2 Å². The van der Waals surface area contributed by atoms with Crippen molar-refractivity contribution in [1.82, 2.24) is 4.72 Å². The van der Waals surface area contributed by atoms with Gasteiger partial charge in [0.05, 0.1) is 11.3 Å². The van der Waals surface area contributed by atoms with E-state index in [1.54, 1.807) is 4.72 Å². The van der Waals surface area contributed by atoms with Gasteiger partial charge in [-0.15, -0.1) is 0 Å². The second kappa shape index (κ2) is 5.92. The summed E-state index contributed by atoms with van der Waals surface area (Å²) in [6.07, 6.45) is -1.02. The molecule has 0 fully saturated rings. The van der Waals surface area contributed by atoms with E-state index in [9.17, 15) is 26.8 Å². The number of benzene rings is 1. The third-order valence-corrected chi connectivity index (χ3v) is 3.57. The van der Waals surface area contributed by atoms with Crippen molar-refractivity contribution >= 4 is 22.0 Å². The van der Waals surface area contributed by atoms with Gasteiger partial charge in [-0.1, -0.05) is 0 Å². The molecular weight excluding hydrogens is 300 g/mol. The van der Waals surface area contributed by atoms with E-state index in [0.717, 1.165) is 0 Å². The number of hydrogen-bond acceptors (Lipinski definition) is 4. The normalized spacial score (nSPS) is 12.9. The van der Waals surface area contributed by atoms with Crippen molar-refractivity contribution in [1.29, 1.82) is 0 Å². The molecule has 0 saturated heterocycles. The van der Waals surface area contributed by atoms with E-state index < -0.39 is 51.0 Å². The molecule has 1 aromatic rings. The van der Waals surface area contributed by atoms with Gasteiger partial charge >= 0.3 is 11.9 Å². The van der Waals surface area contributed by atoms with Crippen molar-refractivity contribution in [2.24, 2.45) is 0 Å². The van der Waals surface area contributed by atoms with Crippen molar-refractivity contribution in [3.63, 3.8) is 0 Å². The monoisotopic (exact) mass is 309 g/mol. The molecule has 1 atom stereocenters. The molecule has 20 heavy (non-hydrogen) atoms. The zero-order valence-corrected chi connectivity index (χ0v) is 10.5. The average molecular weight is 309 g/mol. The highest BCUT2D eigenvalue weighted by molar-refractivity contribution is 7.89. The SMILES string of the molecule is O=C(O)C[C@H](NS(=O)(=O)c1cc(F)cc(F)c1)C(=O)O. The lowest BCUT2D eigenvalue weighted by molar-refractivity contribution is -0.145. The topological polar surface area (TPSA) is 121 Å². The van der Waals surface area contributed by atoms with Crippen LogP contribution in [-0.2, 0) is 19.6 Å². The van der Waals surface area contributed by atoms with Gasteiger partial charge in [-0.05, 0) is 12.1 Å². The molecule has 1 aromatic carbocycles. The Morgan fingerprint density at radius 3 is 2.05 bits per heavy atom. The van der Waals surface area contributed by atoms with Crippen molar-refractivity contribution in [2.75, 3.05) is 0 Å². The Hall–Kier alpha value is -2.07. The van der Waals surface area contributed by atoms with Crippen molar-refractivity contribution in [3.05, 3.63) is 29.8 Å². The van der Waals surface area contributed by atoms with Gasteiger partial charge in [-0.2, -0.15) is 4.72 Å². The summed E-state index contributed by atoms with van der Waals surface area (Å²) in [5.41, 5.74) is 0. The van der Waals surface area contributed by atoms with Crippen LogP contribution in [0.5, 0.6) is 0 Å². The molecule has 110 valence electrons. The van der Waals surface area contributed by atoms with E-state index in [1.807, 2.05) is 0 Å². The minimum atomic E-state index is -4.57. The molecule has 0 amide bonds. The molecule has 0 bridgehead atoms. The average Bonchev–Trinajstić information content (AvgIpc) is 2.25. The molecule has 10 heteroatoms. The first-order valence-corrected chi connectivity index (χ1v) is 6.53. The molecule has 0 aliphatic carbocycles. The number of carbonyl (C=O) groups is 2. The quantitative estimate of drug-likeness (QED) is 0.689. The highest BCUT2D eigenvalue weighted by Crippen LogP contribution is 2.14. The molecule has 0 saturated carbocycles. The lowest BCUT2D eigenvalue weighted by Crippen LogP contribution is -2.42. The summed E-state index contributed by atoms with van der Waals surface area (Å²) in [6.45, 7) is 0. The zero-order chi connectivity index (χ0) is 15.5. The Morgan fingerprint density at radius 2 is 1.65 bits per heavy atom. The Bertz CT molecular complexity index is 625. The molecule has 3 N–H and O–H groups in total. The Morgan fingerprint density at radius 1 is 1.15 bits per heavy atom. The van der Waals surface area contributed by atoms with Gasteiger partial charge in [0.25, 0.3) is 0 Å². The van der Waals surface area contributed by atoms with Crippen LogP contribution in [0.3, 0.4) is 0 Å². The van der Waals surface area contributed by atoms with Gasteiger partial charge in [0.15, 0.2) is 0 Å². The first kappa shape index (κ1) is 16.0. The Balaban J connectivity index is 3.09. The first-order valence-electron chi connectivity index (χ1n) is 5.05. The maximum absolute atomic E-state index is 12.9. The number of halogens is 2. The van der Waals surface area contributed by atoms with Gasteiger partial charge in [-0.25, -0.2) is 17.2 Å². The Labute approximate surface area is 111 Å². The minimum absolute atomic E-state index is 0.435. The molecule has 0 aromatic heterocycles. The molecule has 0 aliphatic heterocycles. The molecule has 0 heterocycles. The van der Waals surface area contributed by atoms with E-state index >= 15 is 0 Å². The predicted octanol–water partition coefficient (Wildman–Crippen LogP) is 0.171. The second-order valence-corrected chi connectivity index (χ2v) is 5.43. The maximum Gasteiger partial charge on any atom is 0.322 e. The summed E-state index contributed by atoms with van der Waals surface area (Å²) in [5.74, 6) is -5.62. The summed E-state index contributed by atoms with van der Waals surface area (Å²) in [6, 6.07) is -0.565. The number of aliphatic carboxylic acids is 2. The van der Waals surface area contributed by atoms with Crippen LogP contribution in [0.1, 0.15) is 6.42 Å². The van der Waals surface area contributed by atoms with Crippen LogP contribution in [0.15, 0.2) is 23.1 Å². The number of nitrogens with one attached hydrogen (secondary N) is 1. The molecule has 0 unspecified atom stereocenters.